The van der Waals surface area contributed by atoms with Crippen LogP contribution in [-0.4, -0.2) is 18.0 Å². The number of phenolic OH excluding ortho intramolecular Hbond substituents is 1. The summed E-state index contributed by atoms with van der Waals surface area (Å²) in [6.07, 6.45) is 1.58. The number of aryl methyl sites for hydroxylation is 1. The molecular weight excluding hydrogens is 343 g/mol. The minimum atomic E-state index is -0.392. The minimum Gasteiger partial charge on any atom is -0.507 e. The van der Waals surface area contributed by atoms with Gasteiger partial charge in [-0.25, -0.2) is 4.39 Å². The predicted octanol–water partition coefficient (Wildman–Crippen LogP) is 5.12. The second-order valence-corrected chi connectivity index (χ2v) is 6.73. The molecule has 136 valence electrons. The van der Waals surface area contributed by atoms with E-state index in [0.717, 1.165) is 18.4 Å². The second-order valence-electron chi connectivity index (χ2n) is 6.73. The van der Waals surface area contributed by atoms with E-state index in [4.69, 9.17) is 4.74 Å². The number of methoxy groups -OCH3 is 1. The van der Waals surface area contributed by atoms with Crippen molar-refractivity contribution in [3.8, 4) is 22.6 Å². The van der Waals surface area contributed by atoms with Crippen LogP contribution in [0.4, 0.5) is 4.39 Å². The van der Waals surface area contributed by atoms with Gasteiger partial charge in [0.15, 0.2) is 5.78 Å². The zero-order valence-corrected chi connectivity index (χ0v) is 14.9. The highest BCUT2D eigenvalue weighted by molar-refractivity contribution is 6.04. The number of phenols is 1. The summed E-state index contributed by atoms with van der Waals surface area (Å²) >= 11 is 0. The van der Waals surface area contributed by atoms with E-state index in [1.807, 2.05) is 24.3 Å². The first-order valence-electron chi connectivity index (χ1n) is 8.87. The highest BCUT2D eigenvalue weighted by Gasteiger charge is 2.30. The van der Waals surface area contributed by atoms with Gasteiger partial charge in [-0.05, 0) is 59.9 Å². The largest absolute Gasteiger partial charge is 0.507 e. The third-order valence-corrected chi connectivity index (χ3v) is 5.18. The maximum absolute atomic E-state index is 13.7. The summed E-state index contributed by atoms with van der Waals surface area (Å²) in [4.78, 5) is 13.2. The number of Topliss-reactive ketones (excluding diaryl/α,β-unsaturated/α-hetero) is 1. The van der Waals surface area contributed by atoms with Crippen molar-refractivity contribution in [3.05, 3.63) is 83.2 Å². The zero-order chi connectivity index (χ0) is 19.0. The van der Waals surface area contributed by atoms with Crippen molar-refractivity contribution in [2.45, 2.75) is 18.8 Å². The van der Waals surface area contributed by atoms with Gasteiger partial charge in [-0.1, -0.05) is 30.3 Å². The molecule has 0 radical (unpaired) electrons. The number of halogens is 1. The summed E-state index contributed by atoms with van der Waals surface area (Å²) in [6.45, 7) is 0. The van der Waals surface area contributed by atoms with E-state index >= 15 is 0 Å². The van der Waals surface area contributed by atoms with E-state index in [1.165, 1.54) is 30.9 Å². The van der Waals surface area contributed by atoms with E-state index < -0.39 is 5.82 Å². The molecule has 1 aliphatic rings. The monoisotopic (exact) mass is 362 g/mol. The van der Waals surface area contributed by atoms with Crippen LogP contribution in [0, 0.1) is 5.82 Å². The molecular formula is C23H19FO3. The number of hydrogen-bond donors (Lipinski definition) is 1. The fraction of sp³-hybridized carbons (Fsp3) is 0.174. The van der Waals surface area contributed by atoms with Crippen molar-refractivity contribution in [1.82, 2.24) is 0 Å². The molecule has 3 aromatic rings. The maximum Gasteiger partial charge on any atom is 0.174 e. The average Bonchev–Trinajstić information content (AvgIpc) is 3.12. The number of carbonyl (C=O) groups is 1. The maximum atomic E-state index is 13.7. The number of hydrogen-bond acceptors (Lipinski definition) is 3. The van der Waals surface area contributed by atoms with Crippen LogP contribution >= 0.6 is 0 Å². The van der Waals surface area contributed by atoms with Gasteiger partial charge in [-0.15, -0.1) is 0 Å². The molecule has 1 unspecified atom stereocenters. The van der Waals surface area contributed by atoms with Gasteiger partial charge in [0.25, 0.3) is 0 Å². The molecule has 3 nitrogen and oxygen atoms in total. The molecule has 0 fully saturated rings. The van der Waals surface area contributed by atoms with E-state index in [9.17, 15) is 14.3 Å². The molecule has 4 heteroatoms. The first kappa shape index (κ1) is 17.3. The zero-order valence-electron chi connectivity index (χ0n) is 14.9. The van der Waals surface area contributed by atoms with Gasteiger partial charge in [0.2, 0.25) is 0 Å². The summed E-state index contributed by atoms with van der Waals surface area (Å²) in [7, 11) is 1.51. The Hall–Kier alpha value is -3.14. The molecule has 27 heavy (non-hydrogen) atoms. The Labute approximate surface area is 157 Å². The van der Waals surface area contributed by atoms with Gasteiger partial charge < -0.3 is 9.84 Å². The Morgan fingerprint density at radius 1 is 1.11 bits per heavy atom. The normalized spacial score (nSPS) is 15.4. The molecule has 0 bridgehead atoms. The van der Waals surface area contributed by atoms with E-state index in [-0.39, 0.29) is 23.0 Å². The van der Waals surface area contributed by atoms with Crippen molar-refractivity contribution in [1.29, 1.82) is 0 Å². The average molecular weight is 362 g/mol. The molecule has 0 amide bonds. The molecule has 4 rings (SSSR count). The smallest absolute Gasteiger partial charge is 0.174 e. The third kappa shape index (κ3) is 3.08. The molecule has 0 saturated carbocycles. The van der Waals surface area contributed by atoms with Crippen LogP contribution in [-0.2, 0) is 6.42 Å². The molecule has 0 spiro atoms. The third-order valence-electron chi connectivity index (χ3n) is 5.18. The van der Waals surface area contributed by atoms with Crippen molar-refractivity contribution < 1.29 is 19.0 Å². The summed E-state index contributed by atoms with van der Waals surface area (Å²) < 4.78 is 19.1. The van der Waals surface area contributed by atoms with E-state index in [0.29, 0.717) is 16.9 Å². The molecule has 3 aromatic carbocycles. The molecule has 0 heterocycles. The number of fused-ring (bicyclic) bond motifs is 1. The Balaban J connectivity index is 1.76. The van der Waals surface area contributed by atoms with Crippen LogP contribution in [0.15, 0.2) is 60.7 Å². The Bertz CT molecular complexity index is 1030. The number of ether oxygens (including phenoxy) is 1. The lowest BCUT2D eigenvalue weighted by atomic mass is 9.90. The number of carbonyl (C=O) groups excluding carboxylic acids is 1. The second kappa shape index (κ2) is 6.88. The van der Waals surface area contributed by atoms with Crippen LogP contribution < -0.4 is 4.74 Å². The van der Waals surface area contributed by atoms with E-state index in [2.05, 4.69) is 0 Å². The van der Waals surface area contributed by atoms with Gasteiger partial charge in [0, 0.05) is 11.5 Å². The van der Waals surface area contributed by atoms with Gasteiger partial charge >= 0.3 is 0 Å². The Morgan fingerprint density at radius 2 is 1.93 bits per heavy atom. The number of ketones is 1. The molecule has 1 atom stereocenters. The number of benzene rings is 3. The number of aromatic hydroxyl groups is 1. The molecule has 1 aliphatic carbocycles. The van der Waals surface area contributed by atoms with Gasteiger partial charge in [0.05, 0.1) is 12.7 Å². The first-order valence-corrected chi connectivity index (χ1v) is 8.87. The minimum absolute atomic E-state index is 0.0662. The van der Waals surface area contributed by atoms with Crippen molar-refractivity contribution in [3.63, 3.8) is 0 Å². The molecule has 0 aliphatic heterocycles. The highest BCUT2D eigenvalue weighted by atomic mass is 19.1. The lowest BCUT2D eigenvalue weighted by molar-refractivity contribution is 0.0957. The van der Waals surface area contributed by atoms with Crippen LogP contribution in [0.3, 0.4) is 0 Å². The summed E-state index contributed by atoms with van der Waals surface area (Å²) in [5.41, 5.74) is 3.62. The Kier molecular flexibility index (Phi) is 4.40. The fourth-order valence-corrected chi connectivity index (χ4v) is 3.82. The van der Waals surface area contributed by atoms with Gasteiger partial charge in [-0.3, -0.25) is 4.79 Å². The quantitative estimate of drug-likeness (QED) is 0.655. The van der Waals surface area contributed by atoms with Crippen molar-refractivity contribution in [2.24, 2.45) is 0 Å². The standard InChI is InChI=1S/C23H19FO3/c1-27-22-11-8-16(24)13-19(22)15-7-10-21(25)20(12-15)23(26)18-9-6-14-4-2-3-5-17(14)18/h2-5,7-8,10-13,18,25H,6,9H2,1H3. The molecule has 0 aromatic heterocycles. The molecule has 1 N–H and O–H groups in total. The van der Waals surface area contributed by atoms with Crippen LogP contribution in [0.5, 0.6) is 11.5 Å². The van der Waals surface area contributed by atoms with Crippen LogP contribution in [0.25, 0.3) is 11.1 Å². The predicted molar refractivity (Wildman–Crippen MR) is 102 cm³/mol. The summed E-state index contributed by atoms with van der Waals surface area (Å²) in [5.74, 6) is -0.335. The van der Waals surface area contributed by atoms with Crippen molar-refractivity contribution >= 4 is 5.78 Å². The van der Waals surface area contributed by atoms with Crippen LogP contribution in [0.1, 0.15) is 33.8 Å². The highest BCUT2D eigenvalue weighted by Crippen LogP contribution is 2.39. The molecule has 0 saturated heterocycles. The number of rotatable bonds is 4. The van der Waals surface area contributed by atoms with Crippen molar-refractivity contribution in [2.75, 3.05) is 7.11 Å². The summed E-state index contributed by atoms with van der Waals surface area (Å²) in [6, 6.07) is 16.9. The van der Waals surface area contributed by atoms with Crippen LogP contribution in [0.2, 0.25) is 0 Å². The lowest BCUT2D eigenvalue weighted by Gasteiger charge is -2.14. The fourth-order valence-electron chi connectivity index (χ4n) is 3.82. The first-order chi connectivity index (χ1) is 13.1. The van der Waals surface area contributed by atoms with Gasteiger partial charge in [0.1, 0.15) is 17.3 Å². The van der Waals surface area contributed by atoms with Gasteiger partial charge in [-0.2, -0.15) is 0 Å². The lowest BCUT2D eigenvalue weighted by Crippen LogP contribution is -2.10. The van der Waals surface area contributed by atoms with E-state index in [1.54, 1.807) is 18.2 Å². The SMILES string of the molecule is COc1ccc(F)cc1-c1ccc(O)c(C(=O)C2CCc3ccccc32)c1. The Morgan fingerprint density at radius 3 is 2.74 bits per heavy atom. The summed E-state index contributed by atoms with van der Waals surface area (Å²) in [5, 5.41) is 10.3. The topological polar surface area (TPSA) is 46.5 Å².